The molecule has 1 heterocycles. The average Bonchev–Trinajstić information content (AvgIpc) is 2.16. The molecule has 0 spiro atoms. The number of nitrogen functional groups attached to an aromatic ring is 1. The number of halogens is 3. The van der Waals surface area contributed by atoms with Crippen molar-refractivity contribution in [3.8, 4) is 0 Å². The molecule has 0 saturated carbocycles. The van der Waals surface area contributed by atoms with Crippen molar-refractivity contribution in [1.82, 2.24) is 4.98 Å². The summed E-state index contributed by atoms with van der Waals surface area (Å²) < 4.78 is 25.1. The largest absolute Gasteiger partial charge is 0.398 e. The number of anilines is 1. The zero-order chi connectivity index (χ0) is 10.7. The Kier molecular flexibility index (Phi) is 3.77. The molecular weight excluding hydrogens is 258 g/mol. The number of hydrogen-bond donors (Lipinski definition) is 2. The van der Waals surface area contributed by atoms with Gasteiger partial charge in [0.2, 0.25) is 0 Å². The Labute approximate surface area is 88.1 Å². The standard InChI is InChI=1S/C8H9BrF2N2O/c9-1-5-6(8(10)11)7(12)4(3-14)2-13-5/h2,8,14H,1,3H2,(H2,12,13). The summed E-state index contributed by atoms with van der Waals surface area (Å²) in [5.74, 6) is 0. The fourth-order valence-electron chi connectivity index (χ4n) is 1.10. The van der Waals surface area contributed by atoms with E-state index in [2.05, 4.69) is 20.9 Å². The summed E-state index contributed by atoms with van der Waals surface area (Å²) >= 11 is 3.04. The van der Waals surface area contributed by atoms with E-state index in [4.69, 9.17) is 10.8 Å². The first kappa shape index (κ1) is 11.3. The van der Waals surface area contributed by atoms with Crippen LogP contribution in [0.15, 0.2) is 6.20 Å². The van der Waals surface area contributed by atoms with Crippen LogP contribution in [-0.2, 0) is 11.9 Å². The second-order valence-corrected chi connectivity index (χ2v) is 3.21. The molecule has 78 valence electrons. The van der Waals surface area contributed by atoms with Gasteiger partial charge >= 0.3 is 0 Å². The van der Waals surface area contributed by atoms with Gasteiger partial charge in [0, 0.05) is 22.8 Å². The molecule has 14 heavy (non-hydrogen) atoms. The SMILES string of the molecule is Nc1c(CO)cnc(CBr)c1C(F)F. The van der Waals surface area contributed by atoms with Crippen molar-refractivity contribution in [2.24, 2.45) is 0 Å². The van der Waals surface area contributed by atoms with E-state index in [1.807, 2.05) is 0 Å². The van der Waals surface area contributed by atoms with E-state index in [0.717, 1.165) is 0 Å². The zero-order valence-corrected chi connectivity index (χ0v) is 8.76. The number of aliphatic hydroxyl groups is 1. The lowest BCUT2D eigenvalue weighted by Gasteiger charge is -2.11. The van der Waals surface area contributed by atoms with Gasteiger partial charge in [-0.1, -0.05) is 15.9 Å². The molecule has 0 atom stereocenters. The van der Waals surface area contributed by atoms with E-state index in [9.17, 15) is 8.78 Å². The van der Waals surface area contributed by atoms with Crippen molar-refractivity contribution in [3.05, 3.63) is 23.0 Å². The molecule has 6 heteroatoms. The maximum Gasteiger partial charge on any atom is 0.267 e. The Morgan fingerprint density at radius 2 is 2.21 bits per heavy atom. The summed E-state index contributed by atoms with van der Waals surface area (Å²) in [6.45, 7) is -0.388. The van der Waals surface area contributed by atoms with Gasteiger partial charge in [0.15, 0.2) is 0 Å². The molecule has 0 aromatic carbocycles. The van der Waals surface area contributed by atoms with Crippen LogP contribution in [0.25, 0.3) is 0 Å². The van der Waals surface area contributed by atoms with Gasteiger partial charge in [-0.15, -0.1) is 0 Å². The average molecular weight is 267 g/mol. The fourth-order valence-corrected chi connectivity index (χ4v) is 1.55. The predicted octanol–water partition coefficient (Wildman–Crippen LogP) is 1.99. The number of pyridine rings is 1. The molecule has 0 fully saturated rings. The molecule has 0 saturated heterocycles. The molecule has 0 aliphatic heterocycles. The molecule has 3 nitrogen and oxygen atoms in total. The van der Waals surface area contributed by atoms with Crippen LogP contribution >= 0.6 is 15.9 Å². The van der Waals surface area contributed by atoms with Crippen molar-refractivity contribution in [2.45, 2.75) is 18.4 Å². The minimum Gasteiger partial charge on any atom is -0.398 e. The molecule has 3 N–H and O–H groups in total. The number of rotatable bonds is 3. The minimum atomic E-state index is -2.68. The van der Waals surface area contributed by atoms with E-state index in [1.54, 1.807) is 0 Å². The van der Waals surface area contributed by atoms with Gasteiger partial charge in [0.05, 0.1) is 17.9 Å². The van der Waals surface area contributed by atoms with Crippen molar-refractivity contribution >= 4 is 21.6 Å². The van der Waals surface area contributed by atoms with E-state index < -0.39 is 6.43 Å². The van der Waals surface area contributed by atoms with E-state index in [-0.39, 0.29) is 34.4 Å². The number of aromatic nitrogens is 1. The van der Waals surface area contributed by atoms with Crippen molar-refractivity contribution in [3.63, 3.8) is 0 Å². The topological polar surface area (TPSA) is 59.1 Å². The first-order chi connectivity index (χ1) is 6.61. The van der Waals surface area contributed by atoms with Gasteiger partial charge in [0.25, 0.3) is 6.43 Å². The second kappa shape index (κ2) is 4.65. The Morgan fingerprint density at radius 3 is 2.64 bits per heavy atom. The van der Waals surface area contributed by atoms with Crippen LogP contribution in [0.2, 0.25) is 0 Å². The van der Waals surface area contributed by atoms with Crippen molar-refractivity contribution in [1.29, 1.82) is 0 Å². The van der Waals surface area contributed by atoms with Crippen LogP contribution in [0.1, 0.15) is 23.2 Å². The summed E-state index contributed by atoms with van der Waals surface area (Å²) in [5.41, 5.74) is 5.53. The van der Waals surface area contributed by atoms with E-state index in [0.29, 0.717) is 0 Å². The Hall–Kier alpha value is -0.750. The van der Waals surface area contributed by atoms with Gasteiger partial charge in [-0.05, 0) is 0 Å². The summed E-state index contributed by atoms with van der Waals surface area (Å²) in [4.78, 5) is 3.78. The normalized spacial score (nSPS) is 10.9. The molecule has 0 radical (unpaired) electrons. The van der Waals surface area contributed by atoms with E-state index in [1.165, 1.54) is 6.20 Å². The highest BCUT2D eigenvalue weighted by atomic mass is 79.9. The molecule has 0 aliphatic rings. The maximum absolute atomic E-state index is 12.6. The molecule has 0 amide bonds. The van der Waals surface area contributed by atoms with Crippen LogP contribution in [0.3, 0.4) is 0 Å². The minimum absolute atomic E-state index is 0.0769. The first-order valence-corrected chi connectivity index (χ1v) is 4.95. The van der Waals surface area contributed by atoms with Crippen LogP contribution in [0, 0.1) is 0 Å². The highest BCUT2D eigenvalue weighted by Gasteiger charge is 2.19. The third-order valence-electron chi connectivity index (χ3n) is 1.84. The summed E-state index contributed by atoms with van der Waals surface area (Å²) in [5, 5.41) is 9.02. The molecule has 0 bridgehead atoms. The third kappa shape index (κ3) is 2.01. The van der Waals surface area contributed by atoms with Crippen LogP contribution in [0.5, 0.6) is 0 Å². The van der Waals surface area contributed by atoms with E-state index >= 15 is 0 Å². The van der Waals surface area contributed by atoms with Crippen LogP contribution in [-0.4, -0.2) is 10.1 Å². The van der Waals surface area contributed by atoms with Crippen molar-refractivity contribution in [2.75, 3.05) is 5.73 Å². The van der Waals surface area contributed by atoms with Gasteiger partial charge < -0.3 is 10.8 Å². The Bertz CT molecular complexity index is 333. The molecule has 1 rings (SSSR count). The highest BCUT2D eigenvalue weighted by molar-refractivity contribution is 9.08. The van der Waals surface area contributed by atoms with Crippen molar-refractivity contribution < 1.29 is 13.9 Å². The maximum atomic E-state index is 12.6. The quantitative estimate of drug-likeness (QED) is 0.823. The van der Waals surface area contributed by atoms with Crippen LogP contribution in [0.4, 0.5) is 14.5 Å². The Morgan fingerprint density at radius 1 is 1.57 bits per heavy atom. The van der Waals surface area contributed by atoms with Gasteiger partial charge in [-0.2, -0.15) is 0 Å². The van der Waals surface area contributed by atoms with Crippen LogP contribution < -0.4 is 5.73 Å². The third-order valence-corrected chi connectivity index (χ3v) is 2.37. The molecular formula is C8H9BrF2N2O. The summed E-state index contributed by atoms with van der Waals surface area (Å²) in [6, 6.07) is 0. The molecule has 1 aromatic rings. The zero-order valence-electron chi connectivity index (χ0n) is 7.17. The number of alkyl halides is 3. The molecule has 0 unspecified atom stereocenters. The Balaban J connectivity index is 3.31. The summed E-state index contributed by atoms with van der Waals surface area (Å²) in [7, 11) is 0. The fraction of sp³-hybridized carbons (Fsp3) is 0.375. The lowest BCUT2D eigenvalue weighted by molar-refractivity contribution is 0.150. The second-order valence-electron chi connectivity index (χ2n) is 2.65. The monoisotopic (exact) mass is 266 g/mol. The van der Waals surface area contributed by atoms with Gasteiger partial charge in [0.1, 0.15) is 0 Å². The number of nitrogens with zero attached hydrogens (tertiary/aromatic N) is 1. The molecule has 1 aromatic heterocycles. The number of aliphatic hydroxyl groups excluding tert-OH is 1. The molecule has 0 aliphatic carbocycles. The summed E-state index contributed by atoms with van der Waals surface area (Å²) in [6.07, 6.45) is -1.38. The smallest absolute Gasteiger partial charge is 0.267 e. The van der Waals surface area contributed by atoms with Gasteiger partial charge in [-0.3, -0.25) is 4.98 Å². The highest BCUT2D eigenvalue weighted by Crippen LogP contribution is 2.30. The lowest BCUT2D eigenvalue weighted by atomic mass is 10.1. The number of hydrogen-bond acceptors (Lipinski definition) is 3. The lowest BCUT2D eigenvalue weighted by Crippen LogP contribution is -2.06. The van der Waals surface area contributed by atoms with Gasteiger partial charge in [-0.25, -0.2) is 8.78 Å². The first-order valence-electron chi connectivity index (χ1n) is 3.82. The predicted molar refractivity (Wildman–Crippen MR) is 52.2 cm³/mol. The number of nitrogens with two attached hydrogens (primary N) is 1.